The second-order valence-corrected chi connectivity index (χ2v) is 7.04. The average molecular weight is 348 g/mol. The van der Waals surface area contributed by atoms with Crippen molar-refractivity contribution < 1.29 is 14.7 Å². The highest BCUT2D eigenvalue weighted by Gasteiger charge is 2.42. The van der Waals surface area contributed by atoms with Crippen LogP contribution in [-0.2, 0) is 0 Å². The summed E-state index contributed by atoms with van der Waals surface area (Å²) in [7, 11) is 0. The van der Waals surface area contributed by atoms with Crippen molar-refractivity contribution in [2.75, 3.05) is 6.54 Å². The highest BCUT2D eigenvalue weighted by molar-refractivity contribution is 5.90. The minimum atomic E-state index is -0.967. The number of hydrogen-bond donors (Lipinski definition) is 1. The van der Waals surface area contributed by atoms with Crippen molar-refractivity contribution in [1.82, 2.24) is 9.96 Å². The fraction of sp³-hybridized carbons (Fsp3) is 0.286. The first kappa shape index (κ1) is 15.3. The molecule has 3 heterocycles. The van der Waals surface area contributed by atoms with Gasteiger partial charge in [0.25, 0.3) is 0 Å². The van der Waals surface area contributed by atoms with Gasteiger partial charge in [-0.2, -0.15) is 0 Å². The molecule has 5 bridgehead atoms. The third kappa shape index (κ3) is 2.27. The molecule has 0 saturated heterocycles. The number of carboxylic acids is 1. The van der Waals surface area contributed by atoms with Crippen LogP contribution in [0.4, 0.5) is 0 Å². The number of nitrogens with zero attached hydrogens (tertiary/aromatic N) is 2. The van der Waals surface area contributed by atoms with Crippen LogP contribution in [0.3, 0.4) is 0 Å². The molecule has 5 heteroatoms. The molecule has 1 N–H and O–H groups in total. The van der Waals surface area contributed by atoms with Crippen LogP contribution in [0.2, 0.25) is 0 Å². The van der Waals surface area contributed by atoms with E-state index in [-0.39, 0.29) is 11.6 Å². The fourth-order valence-electron chi connectivity index (χ4n) is 4.39. The zero-order valence-electron chi connectivity index (χ0n) is 14.4. The zero-order chi connectivity index (χ0) is 17.7. The second-order valence-electron chi connectivity index (χ2n) is 7.04. The summed E-state index contributed by atoms with van der Waals surface area (Å²) in [6.07, 6.45) is 12.6. The Hall–Kier alpha value is -2.95. The van der Waals surface area contributed by atoms with Crippen LogP contribution in [0.1, 0.15) is 36.0 Å². The van der Waals surface area contributed by atoms with Crippen molar-refractivity contribution in [2.24, 2.45) is 0 Å². The molecule has 132 valence electrons. The predicted octanol–water partition coefficient (Wildman–Crippen LogP) is 3.84. The van der Waals surface area contributed by atoms with Gasteiger partial charge in [-0.05, 0) is 42.5 Å². The number of aromatic carboxylic acids is 1. The molecule has 1 aromatic rings. The Morgan fingerprint density at radius 2 is 2.00 bits per heavy atom. The van der Waals surface area contributed by atoms with Gasteiger partial charge in [-0.15, -0.1) is 0 Å². The number of hydroxylamine groups is 2. The van der Waals surface area contributed by atoms with E-state index in [1.165, 1.54) is 22.5 Å². The van der Waals surface area contributed by atoms with Gasteiger partial charge < -0.3 is 14.8 Å². The first-order chi connectivity index (χ1) is 12.7. The number of fused-ring (bicyclic) bond motifs is 1. The first-order valence-electron chi connectivity index (χ1n) is 9.07. The van der Waals surface area contributed by atoms with Crippen LogP contribution in [0, 0.1) is 0 Å². The van der Waals surface area contributed by atoms with E-state index in [0.717, 1.165) is 32.2 Å². The van der Waals surface area contributed by atoms with Crippen molar-refractivity contribution in [3.05, 3.63) is 76.8 Å². The summed E-state index contributed by atoms with van der Waals surface area (Å²) < 4.78 is 0. The topological polar surface area (TPSA) is 53.0 Å². The van der Waals surface area contributed by atoms with Crippen molar-refractivity contribution >= 4 is 5.97 Å². The van der Waals surface area contributed by atoms with Crippen molar-refractivity contribution in [1.29, 1.82) is 0 Å². The summed E-state index contributed by atoms with van der Waals surface area (Å²) in [5, 5.41) is 11.4. The van der Waals surface area contributed by atoms with Gasteiger partial charge in [0.05, 0.1) is 11.7 Å². The molecule has 0 amide bonds. The van der Waals surface area contributed by atoms with E-state index in [0.29, 0.717) is 5.75 Å². The number of allylic oxidation sites excluding steroid dienone is 6. The molecular formula is C21H20N2O3. The fourth-order valence-corrected chi connectivity index (χ4v) is 4.39. The number of para-hydroxylation sites is 1. The molecule has 0 saturated carbocycles. The normalized spacial score (nSPS) is 23.3. The maximum atomic E-state index is 11.5. The molecule has 3 aliphatic heterocycles. The Balaban J connectivity index is 1.57. The highest BCUT2D eigenvalue weighted by atomic mass is 16.7. The van der Waals surface area contributed by atoms with Gasteiger partial charge in [0.2, 0.25) is 0 Å². The van der Waals surface area contributed by atoms with Crippen LogP contribution in [0.25, 0.3) is 0 Å². The number of carbonyl (C=O) groups is 1. The largest absolute Gasteiger partial charge is 0.478 e. The van der Waals surface area contributed by atoms with Gasteiger partial charge in [-0.25, -0.2) is 9.86 Å². The molecule has 1 unspecified atom stereocenters. The molecule has 26 heavy (non-hydrogen) atoms. The van der Waals surface area contributed by atoms with Crippen molar-refractivity contribution in [3.8, 4) is 5.75 Å². The summed E-state index contributed by atoms with van der Waals surface area (Å²) in [5.41, 5.74) is 5.50. The molecule has 0 radical (unpaired) electrons. The molecule has 0 fully saturated rings. The number of rotatable bonds is 3. The second kappa shape index (κ2) is 5.80. The minimum absolute atomic E-state index is 0.186. The highest BCUT2D eigenvalue weighted by Crippen LogP contribution is 2.47. The van der Waals surface area contributed by atoms with Crippen LogP contribution >= 0.6 is 0 Å². The summed E-state index contributed by atoms with van der Waals surface area (Å²) in [6, 6.07) is 7.04. The molecule has 5 nitrogen and oxygen atoms in total. The van der Waals surface area contributed by atoms with Gasteiger partial charge in [-0.3, -0.25) is 0 Å². The van der Waals surface area contributed by atoms with Crippen LogP contribution in [0.5, 0.6) is 5.75 Å². The van der Waals surface area contributed by atoms with Crippen molar-refractivity contribution in [2.45, 2.75) is 31.7 Å². The van der Waals surface area contributed by atoms with Crippen LogP contribution < -0.4 is 4.84 Å². The lowest BCUT2D eigenvalue weighted by Gasteiger charge is -2.38. The minimum Gasteiger partial charge on any atom is -0.478 e. The maximum Gasteiger partial charge on any atom is 0.339 e. The monoisotopic (exact) mass is 348 g/mol. The Morgan fingerprint density at radius 3 is 2.88 bits per heavy atom. The van der Waals surface area contributed by atoms with E-state index in [2.05, 4.69) is 29.3 Å². The standard InChI is InChI=1S/C21H20N2O3/c24-21(25)16-7-3-4-8-20(16)26-23-14-12-17-15-6-2-1-5-11-22(13-14)18(15)9-10-19(17)23/h2-8,11,14H,1,9-10,12-13H2,(H,24,25). The molecule has 1 aromatic carbocycles. The molecule has 1 atom stereocenters. The van der Waals surface area contributed by atoms with E-state index in [4.69, 9.17) is 4.84 Å². The predicted molar refractivity (Wildman–Crippen MR) is 97.2 cm³/mol. The summed E-state index contributed by atoms with van der Waals surface area (Å²) >= 11 is 0. The SMILES string of the molecule is O=C(O)c1ccccc1ON1C2=C3CC1CN1C=CCC=CC3=C1CC2. The summed E-state index contributed by atoms with van der Waals surface area (Å²) in [4.78, 5) is 20.1. The van der Waals surface area contributed by atoms with E-state index in [1.54, 1.807) is 18.2 Å². The van der Waals surface area contributed by atoms with Crippen molar-refractivity contribution in [3.63, 3.8) is 0 Å². The number of carboxylic acid groups (broad SMARTS) is 1. The molecule has 0 aromatic heterocycles. The molecule has 5 rings (SSSR count). The van der Waals surface area contributed by atoms with Crippen LogP contribution in [0.15, 0.2) is 71.2 Å². The zero-order valence-corrected chi connectivity index (χ0v) is 14.4. The van der Waals surface area contributed by atoms with Gasteiger partial charge in [0, 0.05) is 24.9 Å². The Bertz CT molecular complexity index is 910. The lowest BCUT2D eigenvalue weighted by atomic mass is 9.91. The Kier molecular flexibility index (Phi) is 3.42. The van der Waals surface area contributed by atoms with E-state index >= 15 is 0 Å². The Labute approximate surface area is 152 Å². The van der Waals surface area contributed by atoms with Crippen LogP contribution in [-0.4, -0.2) is 33.6 Å². The van der Waals surface area contributed by atoms with Gasteiger partial charge in [0.1, 0.15) is 5.56 Å². The molecule has 0 spiro atoms. The van der Waals surface area contributed by atoms with Gasteiger partial charge >= 0.3 is 5.97 Å². The maximum absolute atomic E-state index is 11.5. The lowest BCUT2D eigenvalue weighted by molar-refractivity contribution is -0.0609. The third-order valence-corrected chi connectivity index (χ3v) is 5.53. The molecular weight excluding hydrogens is 328 g/mol. The van der Waals surface area contributed by atoms with E-state index < -0.39 is 5.97 Å². The van der Waals surface area contributed by atoms with Gasteiger partial charge in [0.15, 0.2) is 5.75 Å². The molecule has 4 aliphatic rings. The van der Waals surface area contributed by atoms with Gasteiger partial charge in [-0.1, -0.05) is 30.4 Å². The van der Waals surface area contributed by atoms with E-state index in [9.17, 15) is 9.90 Å². The van der Waals surface area contributed by atoms with E-state index in [1.807, 2.05) is 11.1 Å². The summed E-state index contributed by atoms with van der Waals surface area (Å²) in [6.45, 7) is 0.853. The third-order valence-electron chi connectivity index (χ3n) is 5.53. The smallest absolute Gasteiger partial charge is 0.339 e. The number of hydrogen-bond acceptors (Lipinski definition) is 4. The molecule has 1 aliphatic carbocycles. The average Bonchev–Trinajstić information content (AvgIpc) is 2.89. The lowest BCUT2D eigenvalue weighted by Crippen LogP contribution is -2.42. The Morgan fingerprint density at radius 1 is 1.15 bits per heavy atom. The quantitative estimate of drug-likeness (QED) is 0.899. The number of benzene rings is 1. The summed E-state index contributed by atoms with van der Waals surface area (Å²) in [5.74, 6) is -0.563. The first-order valence-corrected chi connectivity index (χ1v) is 9.07.